The Morgan fingerprint density at radius 2 is 1.84 bits per heavy atom. The number of rotatable bonds is 5. The molecule has 130 valence electrons. The van der Waals surface area contributed by atoms with Gasteiger partial charge in [0.25, 0.3) is 17.5 Å². The molecule has 25 heavy (non-hydrogen) atoms. The van der Waals surface area contributed by atoms with E-state index in [4.69, 9.17) is 4.74 Å². The minimum atomic E-state index is -0.841. The molecule has 2 N–H and O–H groups in total. The molecule has 0 aliphatic rings. The molecule has 0 bridgehead atoms. The third kappa shape index (κ3) is 4.77. The monoisotopic (exact) mass is 343 g/mol. The molecule has 0 radical (unpaired) electrons. The zero-order chi connectivity index (χ0) is 18.4. The third-order valence-corrected chi connectivity index (χ3v) is 3.38. The molecule has 1 unspecified atom stereocenters. The van der Waals surface area contributed by atoms with E-state index in [1.165, 1.54) is 18.2 Å². The van der Waals surface area contributed by atoms with Crippen molar-refractivity contribution in [2.75, 3.05) is 0 Å². The highest BCUT2D eigenvalue weighted by Gasteiger charge is 2.17. The second-order valence-electron chi connectivity index (χ2n) is 5.28. The van der Waals surface area contributed by atoms with Crippen molar-refractivity contribution < 1.29 is 19.2 Å². The summed E-state index contributed by atoms with van der Waals surface area (Å²) >= 11 is 0. The minimum Gasteiger partial charge on any atom is -0.481 e. The normalized spacial score (nSPS) is 11.3. The first-order valence-corrected chi connectivity index (χ1v) is 7.45. The van der Waals surface area contributed by atoms with Crippen LogP contribution in [-0.2, 0) is 4.79 Å². The summed E-state index contributed by atoms with van der Waals surface area (Å²) in [5.74, 6) is -0.655. The van der Waals surface area contributed by atoms with Gasteiger partial charge in [-0.05, 0) is 31.5 Å². The molecule has 0 heterocycles. The summed E-state index contributed by atoms with van der Waals surface area (Å²) in [6.07, 6.45) is -0.841. The van der Waals surface area contributed by atoms with Crippen LogP contribution in [0.5, 0.6) is 5.75 Å². The summed E-state index contributed by atoms with van der Waals surface area (Å²) in [6.45, 7) is 3.39. The highest BCUT2D eigenvalue weighted by molar-refractivity contribution is 5.96. The van der Waals surface area contributed by atoms with Gasteiger partial charge < -0.3 is 4.74 Å². The first kappa shape index (κ1) is 17.9. The van der Waals surface area contributed by atoms with Gasteiger partial charge in [0.15, 0.2) is 6.10 Å². The van der Waals surface area contributed by atoms with Gasteiger partial charge in [-0.1, -0.05) is 24.3 Å². The molecule has 8 heteroatoms. The van der Waals surface area contributed by atoms with Gasteiger partial charge in [0.1, 0.15) is 5.75 Å². The number of amides is 2. The van der Waals surface area contributed by atoms with Gasteiger partial charge in [-0.2, -0.15) is 0 Å². The van der Waals surface area contributed by atoms with Crippen LogP contribution < -0.4 is 15.6 Å². The lowest BCUT2D eigenvalue weighted by Crippen LogP contribution is -2.47. The number of carbonyl (C=O) groups is 2. The number of benzene rings is 2. The van der Waals surface area contributed by atoms with Gasteiger partial charge in [-0.25, -0.2) is 0 Å². The molecular formula is C17H17N3O5. The number of hydrazine groups is 1. The van der Waals surface area contributed by atoms with Crippen molar-refractivity contribution in [1.29, 1.82) is 0 Å². The number of hydrogen-bond acceptors (Lipinski definition) is 5. The molecule has 0 aliphatic carbocycles. The molecule has 0 aliphatic heterocycles. The molecular weight excluding hydrogens is 326 g/mol. The lowest BCUT2D eigenvalue weighted by atomic mass is 10.2. The van der Waals surface area contributed by atoms with Gasteiger partial charge >= 0.3 is 0 Å². The molecule has 2 aromatic carbocycles. The van der Waals surface area contributed by atoms with Crippen molar-refractivity contribution in [2.45, 2.75) is 20.0 Å². The summed E-state index contributed by atoms with van der Waals surface area (Å²) in [7, 11) is 0. The lowest BCUT2D eigenvalue weighted by molar-refractivity contribution is -0.384. The topological polar surface area (TPSA) is 111 Å². The summed E-state index contributed by atoms with van der Waals surface area (Å²) in [5, 5.41) is 10.7. The maximum atomic E-state index is 12.0. The third-order valence-electron chi connectivity index (χ3n) is 3.38. The fourth-order valence-corrected chi connectivity index (χ4v) is 1.99. The second-order valence-corrected chi connectivity index (χ2v) is 5.28. The number of carbonyl (C=O) groups excluding carboxylic acids is 2. The Labute approximate surface area is 143 Å². The smallest absolute Gasteiger partial charge is 0.279 e. The number of nitro groups is 1. The van der Waals surface area contributed by atoms with E-state index in [2.05, 4.69) is 10.9 Å². The average Bonchev–Trinajstić information content (AvgIpc) is 2.61. The maximum absolute atomic E-state index is 12.0. The molecule has 0 spiro atoms. The van der Waals surface area contributed by atoms with E-state index in [1.54, 1.807) is 19.1 Å². The minimum absolute atomic E-state index is 0.0574. The van der Waals surface area contributed by atoms with E-state index >= 15 is 0 Å². The van der Waals surface area contributed by atoms with E-state index in [1.807, 2.05) is 19.1 Å². The molecule has 0 saturated carbocycles. The van der Waals surface area contributed by atoms with Crippen LogP contribution in [0.3, 0.4) is 0 Å². The predicted octanol–water partition coefficient (Wildman–Crippen LogP) is 2.13. The summed E-state index contributed by atoms with van der Waals surface area (Å²) in [6, 6.07) is 12.4. The Morgan fingerprint density at radius 1 is 1.12 bits per heavy atom. The molecule has 2 aromatic rings. The van der Waals surface area contributed by atoms with Crippen LogP contribution in [0.25, 0.3) is 0 Å². The van der Waals surface area contributed by atoms with Gasteiger partial charge in [-0.15, -0.1) is 0 Å². The predicted molar refractivity (Wildman–Crippen MR) is 90.0 cm³/mol. The molecule has 2 rings (SSSR count). The number of ether oxygens (including phenoxy) is 1. The van der Waals surface area contributed by atoms with Gasteiger partial charge in [-0.3, -0.25) is 30.6 Å². The van der Waals surface area contributed by atoms with Crippen LogP contribution in [0.15, 0.2) is 48.5 Å². The SMILES string of the molecule is Cc1ccccc1OC(C)C(=O)NNC(=O)c1cccc([N+](=O)[O-])c1. The Balaban J connectivity index is 1.92. The van der Waals surface area contributed by atoms with Crippen molar-refractivity contribution in [3.63, 3.8) is 0 Å². The summed E-state index contributed by atoms with van der Waals surface area (Å²) in [4.78, 5) is 34.1. The summed E-state index contributed by atoms with van der Waals surface area (Å²) in [5.41, 5.74) is 5.16. The molecule has 1 atom stereocenters. The summed E-state index contributed by atoms with van der Waals surface area (Å²) < 4.78 is 5.54. The fourth-order valence-electron chi connectivity index (χ4n) is 1.99. The number of hydrogen-bond donors (Lipinski definition) is 2. The maximum Gasteiger partial charge on any atom is 0.279 e. The number of nitrogens with zero attached hydrogens (tertiary/aromatic N) is 1. The van der Waals surface area contributed by atoms with Crippen LogP contribution in [0, 0.1) is 17.0 Å². The zero-order valence-corrected chi connectivity index (χ0v) is 13.7. The molecule has 2 amide bonds. The van der Waals surface area contributed by atoms with Crippen LogP contribution in [0.4, 0.5) is 5.69 Å². The molecule has 8 nitrogen and oxygen atoms in total. The van der Waals surface area contributed by atoms with E-state index in [-0.39, 0.29) is 11.3 Å². The Morgan fingerprint density at radius 3 is 2.52 bits per heavy atom. The molecule has 0 saturated heterocycles. The molecule has 0 aromatic heterocycles. The first-order valence-electron chi connectivity index (χ1n) is 7.45. The van der Waals surface area contributed by atoms with Gasteiger partial charge in [0.05, 0.1) is 4.92 Å². The van der Waals surface area contributed by atoms with Crippen molar-refractivity contribution in [3.05, 3.63) is 69.8 Å². The fraction of sp³-hybridized carbons (Fsp3) is 0.176. The number of non-ortho nitro benzene ring substituents is 1. The highest BCUT2D eigenvalue weighted by Crippen LogP contribution is 2.17. The number of nitrogens with one attached hydrogen (secondary N) is 2. The van der Waals surface area contributed by atoms with Gasteiger partial charge in [0, 0.05) is 17.7 Å². The van der Waals surface area contributed by atoms with E-state index in [9.17, 15) is 19.7 Å². The standard InChI is InChI=1S/C17H17N3O5/c1-11-6-3-4-9-15(11)25-12(2)16(21)18-19-17(22)13-7-5-8-14(10-13)20(23)24/h3-10,12H,1-2H3,(H,18,21)(H,19,22). The largest absolute Gasteiger partial charge is 0.481 e. The lowest BCUT2D eigenvalue weighted by Gasteiger charge is -2.16. The van der Waals surface area contributed by atoms with Crippen LogP contribution in [0.2, 0.25) is 0 Å². The van der Waals surface area contributed by atoms with Crippen molar-refractivity contribution in [1.82, 2.24) is 10.9 Å². The highest BCUT2D eigenvalue weighted by atomic mass is 16.6. The number of nitro benzene ring substituents is 1. The Hall–Kier alpha value is -3.42. The van der Waals surface area contributed by atoms with Gasteiger partial charge in [0.2, 0.25) is 0 Å². The Bertz CT molecular complexity index is 806. The number of aryl methyl sites for hydroxylation is 1. The quantitative estimate of drug-likeness (QED) is 0.638. The van der Waals surface area contributed by atoms with E-state index < -0.39 is 22.8 Å². The van der Waals surface area contributed by atoms with E-state index in [0.29, 0.717) is 5.75 Å². The number of para-hydroxylation sites is 1. The zero-order valence-electron chi connectivity index (χ0n) is 13.7. The van der Waals surface area contributed by atoms with Crippen molar-refractivity contribution in [3.8, 4) is 5.75 Å². The van der Waals surface area contributed by atoms with E-state index in [0.717, 1.165) is 11.6 Å². The van der Waals surface area contributed by atoms with Crippen LogP contribution in [-0.4, -0.2) is 22.8 Å². The van der Waals surface area contributed by atoms with Crippen molar-refractivity contribution >= 4 is 17.5 Å². The van der Waals surface area contributed by atoms with Crippen molar-refractivity contribution in [2.24, 2.45) is 0 Å². The van der Waals surface area contributed by atoms with Crippen LogP contribution in [0.1, 0.15) is 22.8 Å². The molecule has 0 fully saturated rings. The van der Waals surface area contributed by atoms with Crippen LogP contribution >= 0.6 is 0 Å². The first-order chi connectivity index (χ1) is 11.9. The second kappa shape index (κ2) is 7.91. The average molecular weight is 343 g/mol. The Kier molecular flexibility index (Phi) is 5.67.